The Morgan fingerprint density at radius 3 is 1.83 bits per heavy atom. The summed E-state index contributed by atoms with van der Waals surface area (Å²) in [5, 5.41) is 0. The first-order valence-electron chi connectivity index (χ1n) is 12.3. The lowest BCUT2D eigenvalue weighted by atomic mass is 9.95. The quantitative estimate of drug-likeness (QED) is 0.247. The average molecular weight is 467 g/mol. The van der Waals surface area contributed by atoms with Crippen LogP contribution in [0, 0.1) is 13.8 Å². The van der Waals surface area contributed by atoms with E-state index in [-0.39, 0.29) is 0 Å². The van der Waals surface area contributed by atoms with Gasteiger partial charge in [0.25, 0.3) is 5.82 Å². The third-order valence-electron chi connectivity index (χ3n) is 7.02. The number of benzene rings is 4. The first-order chi connectivity index (χ1) is 17.6. The minimum Gasteiger partial charge on any atom is -0.261 e. The Balaban J connectivity index is 1.83. The molecule has 0 spiro atoms. The zero-order valence-electron chi connectivity index (χ0n) is 20.8. The second kappa shape index (κ2) is 8.94. The number of aryl methyl sites for hydroxylation is 3. The summed E-state index contributed by atoms with van der Waals surface area (Å²) >= 11 is 0. The van der Waals surface area contributed by atoms with Gasteiger partial charge >= 0.3 is 0 Å². The van der Waals surface area contributed by atoms with Crippen LogP contribution in [0.1, 0.15) is 11.3 Å². The molecule has 2 heterocycles. The molecule has 0 aliphatic heterocycles. The van der Waals surface area contributed by atoms with Crippen LogP contribution in [0.4, 0.5) is 0 Å². The summed E-state index contributed by atoms with van der Waals surface area (Å²) in [4.78, 5) is 4.70. The van der Waals surface area contributed by atoms with E-state index >= 15 is 0 Å². The molecule has 0 amide bonds. The van der Waals surface area contributed by atoms with E-state index in [1.807, 2.05) is 6.20 Å². The monoisotopic (exact) mass is 466 g/mol. The third kappa shape index (κ3) is 3.52. The Kier molecular flexibility index (Phi) is 5.46. The van der Waals surface area contributed by atoms with Gasteiger partial charge in [0, 0.05) is 17.3 Å². The molecule has 4 aromatic carbocycles. The number of imidazole rings is 1. The molecule has 3 nitrogen and oxygen atoms in total. The molecular weight excluding hydrogens is 438 g/mol. The van der Waals surface area contributed by atoms with E-state index in [9.17, 15) is 0 Å². The summed E-state index contributed by atoms with van der Waals surface area (Å²) in [5.41, 5.74) is 11.7. The van der Waals surface area contributed by atoms with Gasteiger partial charge in [-0.2, -0.15) is 4.57 Å². The molecule has 36 heavy (non-hydrogen) atoms. The van der Waals surface area contributed by atoms with Crippen molar-refractivity contribution in [1.82, 2.24) is 9.55 Å². The van der Waals surface area contributed by atoms with Crippen molar-refractivity contribution < 1.29 is 4.57 Å². The zero-order valence-corrected chi connectivity index (χ0v) is 20.8. The second-order valence-electron chi connectivity index (χ2n) is 9.23. The maximum atomic E-state index is 4.70. The fraction of sp³-hybridized carbons (Fsp3) is 0.0909. The van der Waals surface area contributed by atoms with E-state index in [0.717, 1.165) is 17.1 Å². The molecule has 3 heteroatoms. The Morgan fingerprint density at radius 2 is 1.22 bits per heavy atom. The van der Waals surface area contributed by atoms with Gasteiger partial charge in [0.15, 0.2) is 11.0 Å². The number of hydrogen-bond donors (Lipinski definition) is 0. The molecule has 2 aromatic heterocycles. The van der Waals surface area contributed by atoms with Crippen LogP contribution in [0.3, 0.4) is 0 Å². The number of aromatic nitrogens is 3. The predicted molar refractivity (Wildman–Crippen MR) is 148 cm³/mol. The molecule has 0 radical (unpaired) electrons. The van der Waals surface area contributed by atoms with Gasteiger partial charge in [-0.25, -0.2) is 4.57 Å². The Morgan fingerprint density at radius 1 is 0.639 bits per heavy atom. The predicted octanol–water partition coefficient (Wildman–Crippen LogP) is 7.47. The maximum absolute atomic E-state index is 4.70. The summed E-state index contributed by atoms with van der Waals surface area (Å²) < 4.78 is 4.75. The first-order valence-corrected chi connectivity index (χ1v) is 12.3. The molecule has 0 N–H and O–H groups in total. The van der Waals surface area contributed by atoms with Crippen LogP contribution in [0.2, 0.25) is 0 Å². The molecule has 0 atom stereocenters. The molecule has 6 aromatic rings. The van der Waals surface area contributed by atoms with E-state index in [4.69, 9.17) is 4.98 Å². The van der Waals surface area contributed by atoms with Crippen molar-refractivity contribution in [2.24, 2.45) is 7.05 Å². The lowest BCUT2D eigenvalue weighted by molar-refractivity contribution is -0.633. The first kappa shape index (κ1) is 22.0. The lowest BCUT2D eigenvalue weighted by Crippen LogP contribution is -2.31. The number of pyridine rings is 1. The van der Waals surface area contributed by atoms with Gasteiger partial charge in [-0.3, -0.25) is 4.98 Å². The highest BCUT2D eigenvalue weighted by molar-refractivity contribution is 5.91. The summed E-state index contributed by atoms with van der Waals surface area (Å²) in [6, 6.07) is 38.8. The van der Waals surface area contributed by atoms with Crippen LogP contribution in [-0.2, 0) is 7.05 Å². The molecule has 0 bridgehead atoms. The van der Waals surface area contributed by atoms with Crippen LogP contribution in [0.25, 0.3) is 50.4 Å². The van der Waals surface area contributed by atoms with Crippen molar-refractivity contribution in [2.45, 2.75) is 13.8 Å². The molecule has 0 aliphatic carbocycles. The highest BCUT2D eigenvalue weighted by atomic mass is 15.2. The van der Waals surface area contributed by atoms with Gasteiger partial charge < -0.3 is 0 Å². The SMILES string of the molecule is Cc1ccnc(C)c1-c1n(-c2c(-c3ccccc3)cccc2-c2ccccc2)c2ccccc2[n+]1C. The summed E-state index contributed by atoms with van der Waals surface area (Å²) in [6.45, 7) is 4.28. The van der Waals surface area contributed by atoms with E-state index in [0.29, 0.717) is 0 Å². The van der Waals surface area contributed by atoms with Crippen molar-refractivity contribution >= 4 is 11.0 Å². The standard InChI is InChI=1S/C33H28N3/c1-23-21-22-34-24(2)31(23)33-35(3)29-19-10-11-20-30(29)36(33)32-27(25-13-6-4-7-14-25)17-12-18-28(32)26-15-8-5-9-16-26/h4-22H,1-3H3/q+1. The van der Waals surface area contributed by atoms with Crippen molar-refractivity contribution in [2.75, 3.05) is 0 Å². The second-order valence-corrected chi connectivity index (χ2v) is 9.23. The third-order valence-corrected chi connectivity index (χ3v) is 7.02. The fourth-order valence-corrected chi connectivity index (χ4v) is 5.34. The van der Waals surface area contributed by atoms with E-state index < -0.39 is 0 Å². The van der Waals surface area contributed by atoms with Gasteiger partial charge in [0.05, 0.1) is 18.3 Å². The smallest absolute Gasteiger partial charge is 0.261 e. The minimum atomic E-state index is 1.02. The maximum Gasteiger partial charge on any atom is 0.297 e. The van der Waals surface area contributed by atoms with Crippen molar-refractivity contribution in [1.29, 1.82) is 0 Å². The van der Waals surface area contributed by atoms with Crippen LogP contribution < -0.4 is 4.57 Å². The van der Waals surface area contributed by atoms with Crippen LogP contribution in [0.5, 0.6) is 0 Å². The van der Waals surface area contributed by atoms with Gasteiger partial charge in [0.2, 0.25) is 0 Å². The zero-order chi connectivity index (χ0) is 24.6. The minimum absolute atomic E-state index is 1.02. The Bertz CT molecular complexity index is 1620. The Hall–Kier alpha value is -4.50. The van der Waals surface area contributed by atoms with Gasteiger partial charge in [-0.15, -0.1) is 0 Å². The molecular formula is C33H28N3+. The molecule has 0 unspecified atom stereocenters. The van der Waals surface area contributed by atoms with Gasteiger partial charge in [-0.05, 0) is 48.7 Å². The van der Waals surface area contributed by atoms with E-state index in [1.54, 1.807) is 0 Å². The average Bonchev–Trinajstić information content (AvgIpc) is 3.21. The van der Waals surface area contributed by atoms with Crippen molar-refractivity contribution in [3.63, 3.8) is 0 Å². The molecule has 0 fully saturated rings. The number of fused-ring (bicyclic) bond motifs is 1. The van der Waals surface area contributed by atoms with Gasteiger partial charge in [0.1, 0.15) is 5.69 Å². The number of hydrogen-bond acceptors (Lipinski definition) is 1. The van der Waals surface area contributed by atoms with Crippen LogP contribution in [-0.4, -0.2) is 9.55 Å². The number of rotatable bonds is 4. The molecule has 6 rings (SSSR count). The summed E-state index contributed by atoms with van der Waals surface area (Å²) in [7, 11) is 2.16. The fourth-order valence-electron chi connectivity index (χ4n) is 5.34. The topological polar surface area (TPSA) is 21.7 Å². The normalized spacial score (nSPS) is 11.2. The number of para-hydroxylation sites is 3. The largest absolute Gasteiger partial charge is 0.297 e. The van der Waals surface area contributed by atoms with Crippen LogP contribution in [0.15, 0.2) is 115 Å². The summed E-state index contributed by atoms with van der Waals surface area (Å²) in [6.07, 6.45) is 1.90. The number of nitrogens with zero attached hydrogens (tertiary/aromatic N) is 3. The molecule has 0 aliphatic rings. The van der Waals surface area contributed by atoms with Crippen LogP contribution >= 0.6 is 0 Å². The highest BCUT2D eigenvalue weighted by Gasteiger charge is 2.31. The van der Waals surface area contributed by atoms with Gasteiger partial charge in [-0.1, -0.05) is 91.0 Å². The van der Waals surface area contributed by atoms with Crippen molar-refractivity contribution in [3.8, 4) is 39.3 Å². The molecule has 174 valence electrons. The van der Waals surface area contributed by atoms with E-state index in [1.165, 1.54) is 44.5 Å². The Labute approximate surface area is 212 Å². The lowest BCUT2D eigenvalue weighted by Gasteiger charge is -2.16. The van der Waals surface area contributed by atoms with E-state index in [2.05, 4.69) is 139 Å². The highest BCUT2D eigenvalue weighted by Crippen LogP contribution is 2.40. The molecule has 0 saturated carbocycles. The summed E-state index contributed by atoms with van der Waals surface area (Å²) in [5.74, 6) is 1.12. The molecule has 0 saturated heterocycles. The van der Waals surface area contributed by atoms with Crippen molar-refractivity contribution in [3.05, 3.63) is 127 Å².